The van der Waals surface area contributed by atoms with E-state index in [1.54, 1.807) is 12.4 Å². The zero-order valence-corrected chi connectivity index (χ0v) is 10.8. The second-order valence-electron chi connectivity index (χ2n) is 4.96. The van der Waals surface area contributed by atoms with Crippen LogP contribution in [0.4, 0.5) is 0 Å². The average Bonchev–Trinajstić information content (AvgIpc) is 2.89. The van der Waals surface area contributed by atoms with Gasteiger partial charge in [0.15, 0.2) is 0 Å². The van der Waals surface area contributed by atoms with Crippen LogP contribution in [0.3, 0.4) is 0 Å². The highest BCUT2D eigenvalue weighted by atomic mass is 16.5. The first-order valence-electron chi connectivity index (χ1n) is 6.50. The van der Waals surface area contributed by atoms with Crippen LogP contribution in [0.15, 0.2) is 23.0 Å². The maximum atomic E-state index is 11.2. The summed E-state index contributed by atoms with van der Waals surface area (Å²) in [4.78, 5) is 19.8. The molecule has 5 heteroatoms. The molecule has 0 bridgehead atoms. The molecule has 0 radical (unpaired) electrons. The summed E-state index contributed by atoms with van der Waals surface area (Å²) < 4.78 is 5.36. The van der Waals surface area contributed by atoms with Gasteiger partial charge in [-0.15, -0.1) is 0 Å². The molecule has 1 fully saturated rings. The summed E-state index contributed by atoms with van der Waals surface area (Å²) in [5.41, 5.74) is 1.96. The number of aromatic nitrogens is 3. The molecule has 1 aliphatic rings. The topological polar surface area (TPSA) is 68.9 Å². The minimum Gasteiger partial charge on any atom is -0.339 e. The highest BCUT2D eigenvalue weighted by Crippen LogP contribution is 2.31. The Bertz CT molecular complexity index is 596. The van der Waals surface area contributed by atoms with Crippen LogP contribution >= 0.6 is 0 Å². The highest BCUT2D eigenvalue weighted by Gasteiger charge is 2.25. The van der Waals surface area contributed by atoms with Gasteiger partial charge in [-0.3, -0.25) is 9.78 Å². The number of rotatable bonds is 2. The Hall–Kier alpha value is -2.04. The molecule has 0 aliphatic heterocycles. The van der Waals surface area contributed by atoms with Crippen molar-refractivity contribution in [2.24, 2.45) is 0 Å². The minimum atomic E-state index is 0.223. The first-order chi connectivity index (χ1) is 9.24. The maximum absolute atomic E-state index is 11.2. The molecule has 2 aromatic rings. The molecule has 2 heterocycles. The molecule has 98 valence electrons. The lowest BCUT2D eigenvalue weighted by Crippen LogP contribution is -2.12. The quantitative estimate of drug-likeness (QED) is 0.827. The van der Waals surface area contributed by atoms with Crippen molar-refractivity contribution in [2.75, 3.05) is 0 Å². The third-order valence-electron chi connectivity index (χ3n) is 3.60. The normalized spacial score (nSPS) is 16.8. The lowest BCUT2D eigenvalue weighted by molar-refractivity contribution is -0.120. The van der Waals surface area contributed by atoms with Crippen LogP contribution in [0.5, 0.6) is 0 Å². The van der Waals surface area contributed by atoms with Gasteiger partial charge in [0, 0.05) is 36.7 Å². The van der Waals surface area contributed by atoms with Crippen LogP contribution in [0.1, 0.15) is 43.1 Å². The van der Waals surface area contributed by atoms with E-state index in [4.69, 9.17) is 4.52 Å². The second kappa shape index (κ2) is 4.91. The SMILES string of the molecule is Cc1cnccc1-c1noc(C2CCC(=O)CC2)n1. The number of nitrogens with zero attached hydrogens (tertiary/aromatic N) is 3. The average molecular weight is 257 g/mol. The Morgan fingerprint density at radius 1 is 1.32 bits per heavy atom. The van der Waals surface area contributed by atoms with E-state index in [-0.39, 0.29) is 5.92 Å². The fourth-order valence-electron chi connectivity index (χ4n) is 2.42. The van der Waals surface area contributed by atoms with Crippen molar-refractivity contribution in [2.45, 2.75) is 38.5 Å². The van der Waals surface area contributed by atoms with Gasteiger partial charge in [0.05, 0.1) is 0 Å². The molecule has 0 unspecified atom stereocenters. The molecule has 0 atom stereocenters. The molecule has 2 aromatic heterocycles. The van der Waals surface area contributed by atoms with Crippen molar-refractivity contribution in [1.82, 2.24) is 15.1 Å². The Morgan fingerprint density at radius 3 is 2.84 bits per heavy atom. The van der Waals surface area contributed by atoms with Crippen LogP contribution in [-0.2, 0) is 4.79 Å². The number of carbonyl (C=O) groups is 1. The third kappa shape index (κ3) is 2.41. The van der Waals surface area contributed by atoms with Gasteiger partial charge in [0.25, 0.3) is 0 Å². The van der Waals surface area contributed by atoms with E-state index in [1.165, 1.54) is 0 Å². The van der Waals surface area contributed by atoms with Crippen molar-refractivity contribution in [3.63, 3.8) is 0 Å². The largest absolute Gasteiger partial charge is 0.339 e. The summed E-state index contributed by atoms with van der Waals surface area (Å²) in [5.74, 6) is 1.81. The zero-order valence-electron chi connectivity index (χ0n) is 10.8. The van der Waals surface area contributed by atoms with E-state index in [9.17, 15) is 4.79 Å². The standard InChI is InChI=1S/C14H15N3O2/c1-9-8-15-7-6-12(9)13-16-14(19-17-13)10-2-4-11(18)5-3-10/h6-8,10H,2-5H2,1H3. The predicted molar refractivity (Wildman–Crippen MR) is 68.5 cm³/mol. The van der Waals surface area contributed by atoms with Gasteiger partial charge in [-0.2, -0.15) is 4.98 Å². The van der Waals surface area contributed by atoms with Crippen molar-refractivity contribution >= 4 is 5.78 Å². The third-order valence-corrected chi connectivity index (χ3v) is 3.60. The molecule has 5 nitrogen and oxygen atoms in total. The molecular weight excluding hydrogens is 242 g/mol. The number of hydrogen-bond donors (Lipinski definition) is 0. The lowest BCUT2D eigenvalue weighted by atomic mass is 9.88. The van der Waals surface area contributed by atoms with Gasteiger partial charge in [0.2, 0.25) is 11.7 Å². The van der Waals surface area contributed by atoms with Gasteiger partial charge < -0.3 is 4.52 Å². The number of Topliss-reactive ketones (excluding diaryl/α,β-unsaturated/α-hetero) is 1. The molecule has 0 spiro atoms. The summed E-state index contributed by atoms with van der Waals surface area (Å²) in [7, 11) is 0. The fourth-order valence-corrected chi connectivity index (χ4v) is 2.42. The van der Waals surface area contributed by atoms with E-state index in [0.29, 0.717) is 30.3 Å². The van der Waals surface area contributed by atoms with Crippen LogP contribution in [-0.4, -0.2) is 20.9 Å². The van der Waals surface area contributed by atoms with Crippen molar-refractivity contribution < 1.29 is 9.32 Å². The zero-order chi connectivity index (χ0) is 13.2. The van der Waals surface area contributed by atoms with Crippen molar-refractivity contribution in [3.05, 3.63) is 29.9 Å². The Labute approximate surface area is 111 Å². The minimum absolute atomic E-state index is 0.223. The summed E-state index contributed by atoms with van der Waals surface area (Å²) in [5, 5.41) is 4.04. The van der Waals surface area contributed by atoms with E-state index in [1.807, 2.05) is 13.0 Å². The predicted octanol–water partition coefficient (Wildman–Crippen LogP) is 2.67. The van der Waals surface area contributed by atoms with Crippen LogP contribution in [0, 0.1) is 6.92 Å². The van der Waals surface area contributed by atoms with Gasteiger partial charge in [-0.1, -0.05) is 5.16 Å². The number of pyridine rings is 1. The second-order valence-corrected chi connectivity index (χ2v) is 4.96. The van der Waals surface area contributed by atoms with E-state index in [2.05, 4.69) is 15.1 Å². The van der Waals surface area contributed by atoms with Crippen molar-refractivity contribution in [3.8, 4) is 11.4 Å². The molecule has 1 aliphatic carbocycles. The molecular formula is C14H15N3O2. The Balaban J connectivity index is 1.84. The monoisotopic (exact) mass is 257 g/mol. The van der Waals surface area contributed by atoms with Gasteiger partial charge in [-0.25, -0.2) is 0 Å². The molecule has 19 heavy (non-hydrogen) atoms. The smallest absolute Gasteiger partial charge is 0.230 e. The molecule has 0 N–H and O–H groups in total. The first kappa shape index (κ1) is 12.0. The maximum Gasteiger partial charge on any atom is 0.230 e. The van der Waals surface area contributed by atoms with Crippen LogP contribution < -0.4 is 0 Å². The number of carbonyl (C=O) groups excluding carboxylic acids is 1. The van der Waals surface area contributed by atoms with Gasteiger partial charge in [0.1, 0.15) is 5.78 Å². The summed E-state index contributed by atoms with van der Waals surface area (Å²) in [6.45, 7) is 1.97. The number of ketones is 1. The van der Waals surface area contributed by atoms with Crippen LogP contribution in [0.25, 0.3) is 11.4 Å². The summed E-state index contributed by atoms with van der Waals surface area (Å²) in [6.07, 6.45) is 6.38. The molecule has 0 amide bonds. The van der Waals surface area contributed by atoms with E-state index in [0.717, 1.165) is 24.0 Å². The molecule has 1 saturated carbocycles. The summed E-state index contributed by atoms with van der Waals surface area (Å²) in [6, 6.07) is 1.88. The van der Waals surface area contributed by atoms with Crippen molar-refractivity contribution in [1.29, 1.82) is 0 Å². The highest BCUT2D eigenvalue weighted by molar-refractivity contribution is 5.79. The lowest BCUT2D eigenvalue weighted by Gasteiger charge is -2.16. The molecule has 0 aromatic carbocycles. The van der Waals surface area contributed by atoms with Crippen LogP contribution in [0.2, 0.25) is 0 Å². The van der Waals surface area contributed by atoms with E-state index < -0.39 is 0 Å². The molecule has 3 rings (SSSR count). The Kier molecular flexibility index (Phi) is 3.11. The van der Waals surface area contributed by atoms with Gasteiger partial charge in [-0.05, 0) is 31.4 Å². The summed E-state index contributed by atoms with van der Waals surface area (Å²) >= 11 is 0. The first-order valence-corrected chi connectivity index (χ1v) is 6.50. The Morgan fingerprint density at radius 2 is 2.11 bits per heavy atom. The van der Waals surface area contributed by atoms with E-state index >= 15 is 0 Å². The number of hydrogen-bond acceptors (Lipinski definition) is 5. The number of aryl methyl sites for hydroxylation is 1. The van der Waals surface area contributed by atoms with Gasteiger partial charge >= 0.3 is 0 Å². The fraction of sp³-hybridized carbons (Fsp3) is 0.429. The molecule has 0 saturated heterocycles.